The van der Waals surface area contributed by atoms with E-state index >= 15 is 0 Å². The number of hydrogen-bond acceptors (Lipinski definition) is 2. The number of aryl methyl sites for hydroxylation is 1. The van der Waals surface area contributed by atoms with Crippen LogP contribution in [0.25, 0.3) is 0 Å². The zero-order valence-corrected chi connectivity index (χ0v) is 20.5. The molecule has 0 bridgehead atoms. The first-order chi connectivity index (χ1) is 15.9. The molecule has 3 N–H and O–H groups in total. The molecule has 4 nitrogen and oxygen atoms in total. The summed E-state index contributed by atoms with van der Waals surface area (Å²) in [7, 11) is 0. The third-order valence-electron chi connectivity index (χ3n) is 5.96. The maximum absolute atomic E-state index is 13.7. The summed E-state index contributed by atoms with van der Waals surface area (Å²) in [5, 5.41) is 2.60. The van der Waals surface area contributed by atoms with Gasteiger partial charge in [-0.25, -0.2) is 8.78 Å². The Balaban J connectivity index is 1.81. The van der Waals surface area contributed by atoms with Gasteiger partial charge in [-0.3, -0.25) is 9.59 Å². The first kappa shape index (κ1) is 24.7. The van der Waals surface area contributed by atoms with Crippen LogP contribution in [0.2, 0.25) is 10.0 Å². The molecule has 176 valence electrons. The van der Waals surface area contributed by atoms with Gasteiger partial charge in [0.1, 0.15) is 21.4 Å². The van der Waals surface area contributed by atoms with E-state index in [1.54, 1.807) is 13.0 Å². The Labute approximate surface area is 213 Å². The van der Waals surface area contributed by atoms with Crippen molar-refractivity contribution in [1.29, 1.82) is 0 Å². The number of alkyl halides is 2. The molecule has 4 rings (SSSR count). The lowest BCUT2D eigenvalue weighted by Gasteiger charge is -2.19. The fraction of sp³-hybridized carbons (Fsp3) is 0.167. The molecular formula is C24H16Cl4F2N2O2. The van der Waals surface area contributed by atoms with Crippen LogP contribution in [0, 0.1) is 18.6 Å². The standard InChI is InChI=1S/C24H16Cl4F2N2O2/c1-11-8-13(10-16(19(11)26)21(33)32-15-5-3-14(29)4-6-15)23(22(31)34)20(24(23,27)28)12-2-7-18(30)17(25)9-12/h2-10,20H,1H3,(H2,31,34)(H,32,33). The van der Waals surface area contributed by atoms with Crippen molar-refractivity contribution in [1.82, 2.24) is 0 Å². The van der Waals surface area contributed by atoms with Crippen LogP contribution in [0.5, 0.6) is 0 Å². The van der Waals surface area contributed by atoms with Gasteiger partial charge in [-0.15, -0.1) is 0 Å². The van der Waals surface area contributed by atoms with E-state index in [2.05, 4.69) is 5.32 Å². The van der Waals surface area contributed by atoms with Crippen molar-refractivity contribution in [2.24, 2.45) is 5.73 Å². The number of hydrogen-bond donors (Lipinski definition) is 2. The summed E-state index contributed by atoms with van der Waals surface area (Å²) >= 11 is 25.6. The van der Waals surface area contributed by atoms with E-state index < -0.39 is 39.1 Å². The average Bonchev–Trinajstić information content (AvgIpc) is 3.30. The maximum atomic E-state index is 13.7. The average molecular weight is 544 g/mol. The fourth-order valence-electron chi connectivity index (χ4n) is 4.26. The third-order valence-corrected chi connectivity index (χ3v) is 7.78. The minimum absolute atomic E-state index is 0.0357. The summed E-state index contributed by atoms with van der Waals surface area (Å²) in [6.45, 7) is 1.64. The number of amides is 2. The molecule has 2 unspecified atom stereocenters. The predicted octanol–water partition coefficient (Wildman–Crippen LogP) is 6.53. The molecule has 0 aromatic heterocycles. The molecule has 34 heavy (non-hydrogen) atoms. The Morgan fingerprint density at radius 1 is 1.00 bits per heavy atom. The maximum Gasteiger partial charge on any atom is 0.257 e. The molecule has 2 amide bonds. The van der Waals surface area contributed by atoms with Gasteiger partial charge < -0.3 is 11.1 Å². The quantitative estimate of drug-likeness (QED) is 0.359. The van der Waals surface area contributed by atoms with Crippen LogP contribution in [-0.4, -0.2) is 16.1 Å². The Morgan fingerprint density at radius 2 is 1.65 bits per heavy atom. The van der Waals surface area contributed by atoms with E-state index in [9.17, 15) is 18.4 Å². The van der Waals surface area contributed by atoms with Crippen molar-refractivity contribution in [2.45, 2.75) is 22.6 Å². The van der Waals surface area contributed by atoms with Gasteiger partial charge in [-0.2, -0.15) is 0 Å². The summed E-state index contributed by atoms with van der Waals surface area (Å²) < 4.78 is 25.2. The van der Waals surface area contributed by atoms with Gasteiger partial charge in [0.05, 0.1) is 15.6 Å². The minimum atomic E-state index is -1.70. The molecule has 1 aliphatic rings. The van der Waals surface area contributed by atoms with Gasteiger partial charge >= 0.3 is 0 Å². The van der Waals surface area contributed by atoms with Gasteiger partial charge in [0.2, 0.25) is 5.91 Å². The van der Waals surface area contributed by atoms with Gasteiger partial charge in [0.25, 0.3) is 5.91 Å². The van der Waals surface area contributed by atoms with E-state index in [0.29, 0.717) is 16.8 Å². The monoisotopic (exact) mass is 542 g/mol. The number of carbonyl (C=O) groups excluding carboxylic acids is 2. The lowest BCUT2D eigenvalue weighted by atomic mass is 9.87. The second-order valence-corrected chi connectivity index (χ2v) is 10.2. The SMILES string of the molecule is Cc1cc(C2(C(N)=O)C(c3ccc(F)c(Cl)c3)C2(Cl)Cl)cc(C(=O)Nc2ccc(F)cc2)c1Cl. The molecule has 10 heteroatoms. The highest BCUT2D eigenvalue weighted by molar-refractivity contribution is 6.55. The molecule has 0 radical (unpaired) electrons. The summed E-state index contributed by atoms with van der Waals surface area (Å²) in [6.07, 6.45) is 0. The van der Waals surface area contributed by atoms with Crippen LogP contribution in [-0.2, 0) is 10.2 Å². The zero-order valence-electron chi connectivity index (χ0n) is 17.4. The molecule has 3 aromatic carbocycles. The number of benzene rings is 3. The zero-order chi connectivity index (χ0) is 25.0. The number of halogens is 6. The van der Waals surface area contributed by atoms with Crippen LogP contribution in [0.3, 0.4) is 0 Å². The molecule has 0 saturated heterocycles. The van der Waals surface area contributed by atoms with Crippen molar-refractivity contribution in [3.05, 3.63) is 98.5 Å². The lowest BCUT2D eigenvalue weighted by Crippen LogP contribution is -2.34. The Bertz CT molecular complexity index is 1330. The summed E-state index contributed by atoms with van der Waals surface area (Å²) in [5.74, 6) is -3.41. The molecule has 0 spiro atoms. The van der Waals surface area contributed by atoms with Crippen LogP contribution < -0.4 is 11.1 Å². The minimum Gasteiger partial charge on any atom is -0.369 e. The van der Waals surface area contributed by atoms with E-state index in [0.717, 1.165) is 6.07 Å². The summed E-state index contributed by atoms with van der Waals surface area (Å²) in [4.78, 5) is 25.8. The van der Waals surface area contributed by atoms with Crippen molar-refractivity contribution in [2.75, 3.05) is 5.32 Å². The van der Waals surface area contributed by atoms with E-state index in [1.807, 2.05) is 0 Å². The van der Waals surface area contributed by atoms with Gasteiger partial charge in [-0.05, 0) is 66.1 Å². The smallest absolute Gasteiger partial charge is 0.257 e. The largest absolute Gasteiger partial charge is 0.369 e. The van der Waals surface area contributed by atoms with Gasteiger partial charge in [0, 0.05) is 11.6 Å². The van der Waals surface area contributed by atoms with E-state index in [1.165, 1.54) is 42.5 Å². The second kappa shape index (κ2) is 8.68. The van der Waals surface area contributed by atoms with Crippen LogP contribution in [0.4, 0.5) is 14.5 Å². The molecule has 1 aliphatic carbocycles. The third kappa shape index (κ3) is 3.83. The second-order valence-electron chi connectivity index (χ2n) is 8.02. The number of rotatable bonds is 5. The molecular weight excluding hydrogens is 528 g/mol. The Kier molecular flexibility index (Phi) is 6.32. The van der Waals surface area contributed by atoms with Gasteiger partial charge in [-0.1, -0.05) is 58.5 Å². The van der Waals surface area contributed by atoms with E-state index in [4.69, 9.17) is 52.1 Å². The molecule has 1 fully saturated rings. The highest BCUT2D eigenvalue weighted by Gasteiger charge is 2.80. The fourth-order valence-corrected chi connectivity index (χ4v) is 5.73. The summed E-state index contributed by atoms with van der Waals surface area (Å²) in [6, 6.07) is 12.0. The normalized spacial score (nSPS) is 20.6. The van der Waals surface area contributed by atoms with Crippen LogP contribution in [0.15, 0.2) is 54.6 Å². The lowest BCUT2D eigenvalue weighted by molar-refractivity contribution is -0.120. The van der Waals surface area contributed by atoms with Crippen molar-refractivity contribution >= 4 is 63.9 Å². The van der Waals surface area contributed by atoms with Crippen molar-refractivity contribution in [3.63, 3.8) is 0 Å². The topological polar surface area (TPSA) is 72.2 Å². The number of primary amides is 1. The first-order valence-electron chi connectivity index (χ1n) is 9.91. The van der Waals surface area contributed by atoms with E-state index in [-0.39, 0.29) is 21.2 Å². The number of carbonyl (C=O) groups is 2. The number of anilines is 1. The first-order valence-corrected chi connectivity index (χ1v) is 11.4. The molecule has 0 heterocycles. The predicted molar refractivity (Wildman–Crippen MR) is 130 cm³/mol. The van der Waals surface area contributed by atoms with Crippen molar-refractivity contribution < 1.29 is 18.4 Å². The highest BCUT2D eigenvalue weighted by atomic mass is 35.5. The highest BCUT2D eigenvalue weighted by Crippen LogP contribution is 2.74. The molecule has 1 saturated carbocycles. The Hall–Kier alpha value is -2.38. The van der Waals surface area contributed by atoms with Crippen LogP contribution in [0.1, 0.15) is 33.0 Å². The number of nitrogens with one attached hydrogen (secondary N) is 1. The molecule has 3 aromatic rings. The van der Waals surface area contributed by atoms with Crippen molar-refractivity contribution in [3.8, 4) is 0 Å². The van der Waals surface area contributed by atoms with Gasteiger partial charge in [0.15, 0.2) is 0 Å². The summed E-state index contributed by atoms with van der Waals surface area (Å²) in [5.41, 5.74) is 5.67. The molecule has 2 atom stereocenters. The molecule has 0 aliphatic heterocycles. The Morgan fingerprint density at radius 3 is 2.24 bits per heavy atom. The van der Waals surface area contributed by atoms with Crippen LogP contribution >= 0.6 is 46.4 Å². The number of nitrogens with two attached hydrogens (primary N) is 1.